The molecule has 0 radical (unpaired) electrons. The van der Waals surface area contributed by atoms with Crippen molar-refractivity contribution in [3.05, 3.63) is 70.7 Å². The molecule has 0 atom stereocenters. The number of fused-ring (bicyclic) bond motifs is 1. The number of hydrogen-bond donors (Lipinski definition) is 2. The SMILES string of the molecule is CC(C)CCOc1ccc(Br)cc1C(=O)NNC(=O)COc1cccc2ccccc12. The molecule has 0 aromatic heterocycles. The molecule has 0 saturated heterocycles. The molecule has 0 bridgehead atoms. The second-order valence-electron chi connectivity index (χ2n) is 7.44. The lowest BCUT2D eigenvalue weighted by molar-refractivity contribution is -0.123. The highest BCUT2D eigenvalue weighted by atomic mass is 79.9. The molecule has 0 aliphatic carbocycles. The molecule has 6 nitrogen and oxygen atoms in total. The van der Waals surface area contributed by atoms with Crippen LogP contribution in [0.25, 0.3) is 10.8 Å². The highest BCUT2D eigenvalue weighted by Crippen LogP contribution is 2.25. The first-order chi connectivity index (χ1) is 14.9. The molecule has 0 fully saturated rings. The molecule has 162 valence electrons. The fourth-order valence-electron chi connectivity index (χ4n) is 2.90. The minimum Gasteiger partial charge on any atom is -0.493 e. The molecule has 2 amide bonds. The minimum atomic E-state index is -0.474. The first kappa shape index (κ1) is 22.6. The molecule has 2 N–H and O–H groups in total. The summed E-state index contributed by atoms with van der Waals surface area (Å²) >= 11 is 3.36. The van der Waals surface area contributed by atoms with Crippen molar-refractivity contribution < 1.29 is 19.1 Å². The van der Waals surface area contributed by atoms with Crippen LogP contribution in [0.4, 0.5) is 0 Å². The van der Waals surface area contributed by atoms with Gasteiger partial charge < -0.3 is 9.47 Å². The van der Waals surface area contributed by atoms with Gasteiger partial charge in [-0.05, 0) is 42.0 Å². The van der Waals surface area contributed by atoms with E-state index >= 15 is 0 Å². The maximum absolute atomic E-state index is 12.6. The van der Waals surface area contributed by atoms with Crippen molar-refractivity contribution in [1.29, 1.82) is 0 Å². The van der Waals surface area contributed by atoms with E-state index in [1.807, 2.05) is 36.4 Å². The third kappa shape index (κ3) is 6.46. The molecule has 31 heavy (non-hydrogen) atoms. The van der Waals surface area contributed by atoms with Crippen molar-refractivity contribution in [3.8, 4) is 11.5 Å². The van der Waals surface area contributed by atoms with E-state index < -0.39 is 11.8 Å². The number of amides is 2. The first-order valence-corrected chi connectivity index (χ1v) is 10.9. The van der Waals surface area contributed by atoms with E-state index in [2.05, 4.69) is 40.6 Å². The van der Waals surface area contributed by atoms with Gasteiger partial charge in [0.2, 0.25) is 0 Å². The van der Waals surface area contributed by atoms with Crippen LogP contribution in [-0.2, 0) is 4.79 Å². The van der Waals surface area contributed by atoms with Crippen molar-refractivity contribution in [2.45, 2.75) is 20.3 Å². The van der Waals surface area contributed by atoms with Crippen LogP contribution >= 0.6 is 15.9 Å². The molecular formula is C24H25BrN2O4. The second kappa shape index (κ2) is 10.8. The molecule has 0 aliphatic rings. The summed E-state index contributed by atoms with van der Waals surface area (Å²) in [5.41, 5.74) is 5.13. The molecule has 0 heterocycles. The van der Waals surface area contributed by atoms with Crippen LogP contribution in [0.2, 0.25) is 0 Å². The molecule has 3 rings (SSSR count). The summed E-state index contributed by atoms with van der Waals surface area (Å²) in [4.78, 5) is 24.8. The van der Waals surface area contributed by atoms with Gasteiger partial charge in [-0.25, -0.2) is 0 Å². The van der Waals surface area contributed by atoms with Crippen LogP contribution in [0.5, 0.6) is 11.5 Å². The smallest absolute Gasteiger partial charge is 0.276 e. The Morgan fingerprint density at radius 2 is 1.71 bits per heavy atom. The third-order valence-corrected chi connectivity index (χ3v) is 5.06. The fraction of sp³-hybridized carbons (Fsp3) is 0.250. The Kier molecular flexibility index (Phi) is 7.89. The molecule has 0 unspecified atom stereocenters. The number of ether oxygens (including phenoxy) is 2. The number of halogens is 1. The normalized spacial score (nSPS) is 10.7. The number of rotatable bonds is 8. The summed E-state index contributed by atoms with van der Waals surface area (Å²) in [5, 5.41) is 1.94. The highest BCUT2D eigenvalue weighted by Gasteiger charge is 2.15. The number of carbonyl (C=O) groups is 2. The topological polar surface area (TPSA) is 76.7 Å². The minimum absolute atomic E-state index is 0.232. The van der Waals surface area contributed by atoms with Gasteiger partial charge in [0.25, 0.3) is 11.8 Å². The zero-order valence-corrected chi connectivity index (χ0v) is 19.1. The fourth-order valence-corrected chi connectivity index (χ4v) is 3.27. The zero-order chi connectivity index (χ0) is 22.2. The lowest BCUT2D eigenvalue weighted by Crippen LogP contribution is -2.44. The van der Waals surface area contributed by atoms with Gasteiger partial charge in [0.1, 0.15) is 11.5 Å². The summed E-state index contributed by atoms with van der Waals surface area (Å²) < 4.78 is 12.1. The van der Waals surface area contributed by atoms with Gasteiger partial charge in [-0.1, -0.05) is 66.2 Å². The number of nitrogens with one attached hydrogen (secondary N) is 2. The van der Waals surface area contributed by atoms with E-state index in [1.54, 1.807) is 24.3 Å². The van der Waals surface area contributed by atoms with Crippen molar-refractivity contribution in [3.63, 3.8) is 0 Å². The van der Waals surface area contributed by atoms with Crippen molar-refractivity contribution in [2.75, 3.05) is 13.2 Å². The molecular weight excluding hydrogens is 460 g/mol. The van der Waals surface area contributed by atoms with Crippen LogP contribution < -0.4 is 20.3 Å². The summed E-state index contributed by atoms with van der Waals surface area (Å²) in [6, 6.07) is 18.6. The Morgan fingerprint density at radius 3 is 2.52 bits per heavy atom. The van der Waals surface area contributed by atoms with Crippen LogP contribution in [0, 0.1) is 5.92 Å². The monoisotopic (exact) mass is 484 g/mol. The lowest BCUT2D eigenvalue weighted by Gasteiger charge is -2.14. The van der Waals surface area contributed by atoms with Gasteiger partial charge in [-0.3, -0.25) is 20.4 Å². The Bertz CT molecular complexity index is 1060. The quantitative estimate of drug-likeness (QED) is 0.447. The Hall–Kier alpha value is -3.06. The average molecular weight is 485 g/mol. The largest absolute Gasteiger partial charge is 0.493 e. The summed E-state index contributed by atoms with van der Waals surface area (Å²) in [6.07, 6.45) is 0.874. The standard InChI is InChI=1S/C24H25BrN2O4/c1-16(2)12-13-30-22-11-10-18(25)14-20(22)24(29)27-26-23(28)15-31-21-9-5-7-17-6-3-4-8-19(17)21/h3-11,14,16H,12-13,15H2,1-2H3,(H,26,28)(H,27,29). The molecule has 0 spiro atoms. The van der Waals surface area contributed by atoms with E-state index in [0.29, 0.717) is 29.6 Å². The van der Waals surface area contributed by atoms with Gasteiger partial charge in [-0.15, -0.1) is 0 Å². The third-order valence-electron chi connectivity index (χ3n) is 4.56. The Balaban J connectivity index is 1.56. The zero-order valence-electron chi connectivity index (χ0n) is 17.5. The number of benzene rings is 3. The van der Waals surface area contributed by atoms with Crippen LogP contribution in [-0.4, -0.2) is 25.0 Å². The van der Waals surface area contributed by atoms with Crippen molar-refractivity contribution in [2.24, 2.45) is 5.92 Å². The van der Waals surface area contributed by atoms with Gasteiger partial charge in [0.05, 0.1) is 12.2 Å². The molecule has 7 heteroatoms. The lowest BCUT2D eigenvalue weighted by atomic mass is 10.1. The Morgan fingerprint density at radius 1 is 0.935 bits per heavy atom. The first-order valence-electron chi connectivity index (χ1n) is 10.1. The van der Waals surface area contributed by atoms with Crippen molar-refractivity contribution in [1.82, 2.24) is 10.9 Å². The number of hydrazine groups is 1. The van der Waals surface area contributed by atoms with Gasteiger partial charge in [0.15, 0.2) is 6.61 Å². The van der Waals surface area contributed by atoms with Gasteiger partial charge >= 0.3 is 0 Å². The predicted octanol–water partition coefficient (Wildman–Crippen LogP) is 4.87. The molecule has 3 aromatic carbocycles. The van der Waals surface area contributed by atoms with E-state index in [-0.39, 0.29) is 6.61 Å². The van der Waals surface area contributed by atoms with Crippen LogP contribution in [0.15, 0.2) is 65.1 Å². The molecule has 0 aliphatic heterocycles. The highest BCUT2D eigenvalue weighted by molar-refractivity contribution is 9.10. The molecule has 3 aromatic rings. The van der Waals surface area contributed by atoms with E-state index in [1.165, 1.54) is 0 Å². The summed E-state index contributed by atoms with van der Waals surface area (Å²) in [7, 11) is 0. The molecule has 0 saturated carbocycles. The maximum Gasteiger partial charge on any atom is 0.276 e. The number of carbonyl (C=O) groups excluding carboxylic acids is 2. The summed E-state index contributed by atoms with van der Waals surface area (Å²) in [5.74, 6) is 0.613. The predicted molar refractivity (Wildman–Crippen MR) is 124 cm³/mol. The van der Waals surface area contributed by atoms with Gasteiger partial charge in [-0.2, -0.15) is 0 Å². The average Bonchev–Trinajstić information content (AvgIpc) is 2.76. The van der Waals surface area contributed by atoms with E-state index in [0.717, 1.165) is 21.7 Å². The number of hydrogen-bond acceptors (Lipinski definition) is 4. The van der Waals surface area contributed by atoms with E-state index in [4.69, 9.17) is 9.47 Å². The van der Waals surface area contributed by atoms with Gasteiger partial charge in [0, 0.05) is 9.86 Å². The van der Waals surface area contributed by atoms with Crippen molar-refractivity contribution >= 4 is 38.5 Å². The van der Waals surface area contributed by atoms with Crippen LogP contribution in [0.1, 0.15) is 30.6 Å². The second-order valence-corrected chi connectivity index (χ2v) is 8.36. The Labute approximate surface area is 190 Å². The maximum atomic E-state index is 12.6. The van der Waals surface area contributed by atoms with Crippen LogP contribution in [0.3, 0.4) is 0 Å². The van der Waals surface area contributed by atoms with E-state index in [9.17, 15) is 9.59 Å². The summed E-state index contributed by atoms with van der Waals surface area (Å²) in [6.45, 7) is 4.48.